The molecule has 0 saturated carbocycles. The molecule has 0 unspecified atom stereocenters. The summed E-state index contributed by atoms with van der Waals surface area (Å²) in [5, 5.41) is 0.634. The SMILES string of the molecule is CCOC(=O)C1=C(C)N=c2s/c(=C/c3ccc(OCc4cccc(Cl)c4)c(Br)c3)c(=O)n2[C@H]1c1ccc(OCC(=O)OC)c(OCC)c1. The number of aromatic nitrogens is 1. The van der Waals surface area contributed by atoms with Gasteiger partial charge in [0.25, 0.3) is 5.56 Å². The van der Waals surface area contributed by atoms with E-state index in [4.69, 9.17) is 30.5 Å². The van der Waals surface area contributed by atoms with Crippen LogP contribution >= 0.6 is 38.9 Å². The number of carbonyl (C=O) groups is 2. The molecular formula is C35H32BrClN2O8S. The number of rotatable bonds is 12. The third kappa shape index (κ3) is 7.83. The van der Waals surface area contributed by atoms with E-state index >= 15 is 0 Å². The number of allylic oxidation sites excluding steroid dienone is 1. The quantitative estimate of drug-likeness (QED) is 0.168. The van der Waals surface area contributed by atoms with E-state index in [0.29, 0.717) is 60.6 Å². The van der Waals surface area contributed by atoms with E-state index in [1.165, 1.54) is 23.0 Å². The molecule has 250 valence electrons. The molecule has 1 aliphatic heterocycles. The average molecular weight is 756 g/mol. The fourth-order valence-corrected chi connectivity index (χ4v) is 6.82. The second-order valence-electron chi connectivity index (χ2n) is 10.4. The first-order valence-corrected chi connectivity index (χ1v) is 16.9. The minimum Gasteiger partial charge on any atom is -0.490 e. The predicted molar refractivity (Wildman–Crippen MR) is 185 cm³/mol. The van der Waals surface area contributed by atoms with Crippen molar-refractivity contribution in [1.29, 1.82) is 0 Å². The molecule has 1 atom stereocenters. The fraction of sp³-hybridized carbons (Fsp3) is 0.257. The zero-order valence-corrected chi connectivity index (χ0v) is 29.7. The minimum atomic E-state index is -0.870. The van der Waals surface area contributed by atoms with Crippen LogP contribution in [0, 0.1) is 0 Å². The van der Waals surface area contributed by atoms with Crippen LogP contribution in [0.15, 0.2) is 86.2 Å². The van der Waals surface area contributed by atoms with Crippen molar-refractivity contribution in [1.82, 2.24) is 4.57 Å². The summed E-state index contributed by atoms with van der Waals surface area (Å²) >= 11 is 10.9. The van der Waals surface area contributed by atoms with Crippen molar-refractivity contribution in [3.05, 3.63) is 118 Å². The number of fused-ring (bicyclic) bond motifs is 1. The number of hydrogen-bond acceptors (Lipinski definition) is 10. The summed E-state index contributed by atoms with van der Waals surface area (Å²) in [6.45, 7) is 5.71. The fourth-order valence-electron chi connectivity index (χ4n) is 5.05. The maximum atomic E-state index is 14.1. The molecule has 0 N–H and O–H groups in total. The van der Waals surface area contributed by atoms with Gasteiger partial charge in [-0.1, -0.05) is 47.2 Å². The van der Waals surface area contributed by atoms with E-state index in [9.17, 15) is 14.4 Å². The maximum Gasteiger partial charge on any atom is 0.343 e. The van der Waals surface area contributed by atoms with Crippen molar-refractivity contribution < 1.29 is 33.3 Å². The molecule has 0 amide bonds. The number of ether oxygens (including phenoxy) is 5. The number of halogens is 2. The number of esters is 2. The van der Waals surface area contributed by atoms with Crippen molar-refractivity contribution in [3.8, 4) is 17.2 Å². The van der Waals surface area contributed by atoms with Crippen LogP contribution in [-0.4, -0.2) is 43.4 Å². The highest BCUT2D eigenvalue weighted by Gasteiger charge is 2.34. The highest BCUT2D eigenvalue weighted by Crippen LogP contribution is 2.36. The second kappa shape index (κ2) is 15.7. The Morgan fingerprint density at radius 2 is 1.79 bits per heavy atom. The molecule has 1 aliphatic rings. The van der Waals surface area contributed by atoms with Gasteiger partial charge in [0.2, 0.25) is 0 Å². The van der Waals surface area contributed by atoms with Crippen molar-refractivity contribution in [2.75, 3.05) is 26.9 Å². The lowest BCUT2D eigenvalue weighted by Crippen LogP contribution is -2.40. The summed E-state index contributed by atoms with van der Waals surface area (Å²) in [4.78, 5) is 44.2. The number of methoxy groups -OCH3 is 1. The van der Waals surface area contributed by atoms with Gasteiger partial charge in [0.1, 0.15) is 12.4 Å². The molecule has 0 fully saturated rings. The van der Waals surface area contributed by atoms with Crippen LogP contribution in [0.5, 0.6) is 17.2 Å². The highest BCUT2D eigenvalue weighted by atomic mass is 79.9. The van der Waals surface area contributed by atoms with Crippen LogP contribution in [0.25, 0.3) is 6.08 Å². The van der Waals surface area contributed by atoms with E-state index in [-0.39, 0.29) is 24.3 Å². The molecule has 1 aromatic heterocycles. The zero-order valence-electron chi connectivity index (χ0n) is 26.6. The Balaban J connectivity index is 1.54. The van der Waals surface area contributed by atoms with Gasteiger partial charge < -0.3 is 23.7 Å². The minimum absolute atomic E-state index is 0.144. The monoisotopic (exact) mass is 754 g/mol. The molecule has 3 aromatic carbocycles. The molecule has 0 saturated heterocycles. The van der Waals surface area contributed by atoms with Crippen LogP contribution in [0.3, 0.4) is 0 Å². The lowest BCUT2D eigenvalue weighted by molar-refractivity contribution is -0.143. The van der Waals surface area contributed by atoms with Gasteiger partial charge >= 0.3 is 11.9 Å². The van der Waals surface area contributed by atoms with Crippen LogP contribution in [0.2, 0.25) is 5.02 Å². The molecule has 0 bridgehead atoms. The largest absolute Gasteiger partial charge is 0.490 e. The Morgan fingerprint density at radius 3 is 2.50 bits per heavy atom. The summed E-state index contributed by atoms with van der Waals surface area (Å²) in [6.07, 6.45) is 1.77. The molecule has 2 heterocycles. The molecular weight excluding hydrogens is 724 g/mol. The highest BCUT2D eigenvalue weighted by molar-refractivity contribution is 9.10. The van der Waals surface area contributed by atoms with Crippen LogP contribution in [-0.2, 0) is 25.7 Å². The Labute approximate surface area is 294 Å². The van der Waals surface area contributed by atoms with Gasteiger partial charge in [-0.2, -0.15) is 0 Å². The van der Waals surface area contributed by atoms with Crippen molar-refractivity contribution in [2.24, 2.45) is 4.99 Å². The second-order valence-corrected chi connectivity index (χ2v) is 12.7. The zero-order chi connectivity index (χ0) is 34.4. The van der Waals surface area contributed by atoms with Gasteiger partial charge in [-0.25, -0.2) is 14.6 Å². The molecule has 4 aromatic rings. The number of thiazole rings is 1. The third-order valence-electron chi connectivity index (χ3n) is 7.21. The van der Waals surface area contributed by atoms with E-state index in [1.807, 2.05) is 43.3 Å². The summed E-state index contributed by atoms with van der Waals surface area (Å²) in [6, 6.07) is 17.1. The van der Waals surface area contributed by atoms with E-state index in [2.05, 4.69) is 25.7 Å². The van der Waals surface area contributed by atoms with E-state index < -0.39 is 18.0 Å². The Kier molecular flexibility index (Phi) is 11.4. The smallest absolute Gasteiger partial charge is 0.343 e. The Bertz CT molecular complexity index is 2070. The summed E-state index contributed by atoms with van der Waals surface area (Å²) in [7, 11) is 1.27. The summed E-state index contributed by atoms with van der Waals surface area (Å²) in [5.74, 6) is 0.138. The lowest BCUT2D eigenvalue weighted by atomic mass is 9.95. The molecule has 10 nitrogen and oxygen atoms in total. The third-order valence-corrected chi connectivity index (χ3v) is 9.05. The number of nitrogens with zero attached hydrogens (tertiary/aromatic N) is 2. The molecule has 13 heteroatoms. The molecule has 0 spiro atoms. The number of benzene rings is 3. The van der Waals surface area contributed by atoms with Crippen molar-refractivity contribution in [3.63, 3.8) is 0 Å². The topological polar surface area (TPSA) is 115 Å². The van der Waals surface area contributed by atoms with Crippen LogP contribution < -0.4 is 29.1 Å². The van der Waals surface area contributed by atoms with Gasteiger partial charge in [-0.15, -0.1) is 0 Å². The van der Waals surface area contributed by atoms with Gasteiger partial charge in [-0.05, 0) is 95.9 Å². The average Bonchev–Trinajstić information content (AvgIpc) is 3.36. The van der Waals surface area contributed by atoms with E-state index in [1.54, 1.807) is 44.2 Å². The van der Waals surface area contributed by atoms with Crippen molar-refractivity contribution in [2.45, 2.75) is 33.4 Å². The maximum absolute atomic E-state index is 14.1. The summed E-state index contributed by atoms with van der Waals surface area (Å²) < 4.78 is 30.2. The predicted octanol–water partition coefficient (Wildman–Crippen LogP) is 5.74. The Morgan fingerprint density at radius 1 is 1.00 bits per heavy atom. The van der Waals surface area contributed by atoms with Crippen LogP contribution in [0.4, 0.5) is 0 Å². The molecule has 5 rings (SSSR count). The normalized spacial score (nSPS) is 14.2. The standard InChI is InChI=1S/C35H32BrClN2O8S/c1-5-44-28-17-23(11-13-27(28)47-19-30(40)43-4)32-31(34(42)45-6-2)20(3)38-35-39(32)33(41)29(48-35)16-21-10-12-26(25(36)15-21)46-18-22-8-7-9-24(37)14-22/h7-17,32H,5-6,18-19H2,1-4H3/b29-16+/t32-/m0/s1. The van der Waals surface area contributed by atoms with Crippen LogP contribution in [0.1, 0.15) is 43.5 Å². The van der Waals surface area contributed by atoms with Gasteiger partial charge in [0, 0.05) is 5.02 Å². The lowest BCUT2D eigenvalue weighted by Gasteiger charge is -2.25. The van der Waals surface area contributed by atoms with Gasteiger partial charge in [-0.3, -0.25) is 9.36 Å². The van der Waals surface area contributed by atoms with Crippen molar-refractivity contribution >= 4 is 56.9 Å². The number of carbonyl (C=O) groups excluding carboxylic acids is 2. The van der Waals surface area contributed by atoms with Gasteiger partial charge in [0.05, 0.1) is 46.6 Å². The first-order valence-electron chi connectivity index (χ1n) is 15.0. The first kappa shape index (κ1) is 34.9. The van der Waals surface area contributed by atoms with E-state index in [0.717, 1.165) is 11.1 Å². The molecule has 0 radical (unpaired) electrons. The summed E-state index contributed by atoms with van der Waals surface area (Å²) in [5.41, 5.74) is 2.58. The van der Waals surface area contributed by atoms with Gasteiger partial charge in [0.15, 0.2) is 22.9 Å². The molecule has 0 aliphatic carbocycles. The first-order chi connectivity index (χ1) is 23.1. The number of hydrogen-bond donors (Lipinski definition) is 0. The Hall–Kier alpha value is -4.39. The molecule has 48 heavy (non-hydrogen) atoms.